The quantitative estimate of drug-likeness (QED) is 0.579. The molecule has 0 fully saturated rings. The molecule has 0 aliphatic rings. The van der Waals surface area contributed by atoms with Crippen LogP contribution in [-0.2, 0) is 12.7 Å². The fourth-order valence-corrected chi connectivity index (χ4v) is 3.02. The number of nitro benzene ring substituents is 2. The lowest BCUT2D eigenvalue weighted by molar-refractivity contribution is -0.393. The molecule has 0 bridgehead atoms. The van der Waals surface area contributed by atoms with Crippen molar-refractivity contribution >= 4 is 28.4 Å². The van der Waals surface area contributed by atoms with Crippen molar-refractivity contribution in [2.45, 2.75) is 19.6 Å². The SMILES string of the molecule is Cc1csc(CN(C)c2c([N+](=O)[O-])cc(C(F)(F)F)cc2[N+](=O)[O-])n1. The van der Waals surface area contributed by atoms with E-state index in [4.69, 9.17) is 0 Å². The van der Waals surface area contributed by atoms with Crippen LogP contribution in [0.5, 0.6) is 0 Å². The van der Waals surface area contributed by atoms with E-state index in [1.807, 2.05) is 0 Å². The van der Waals surface area contributed by atoms with Crippen LogP contribution in [0.25, 0.3) is 0 Å². The van der Waals surface area contributed by atoms with Crippen molar-refractivity contribution in [3.63, 3.8) is 0 Å². The van der Waals surface area contributed by atoms with Gasteiger partial charge in [-0.05, 0) is 6.92 Å². The number of alkyl halides is 3. The van der Waals surface area contributed by atoms with Crippen LogP contribution in [0.1, 0.15) is 16.3 Å². The Morgan fingerprint density at radius 3 is 2.08 bits per heavy atom. The van der Waals surface area contributed by atoms with Gasteiger partial charge in [0, 0.05) is 30.3 Å². The summed E-state index contributed by atoms with van der Waals surface area (Å²) >= 11 is 1.24. The Bertz CT molecular complexity index is 802. The average molecular weight is 376 g/mol. The molecule has 0 aliphatic carbocycles. The van der Waals surface area contributed by atoms with Gasteiger partial charge in [-0.2, -0.15) is 13.2 Å². The molecule has 134 valence electrons. The molecule has 1 aromatic carbocycles. The summed E-state index contributed by atoms with van der Waals surface area (Å²) in [6.45, 7) is 1.70. The van der Waals surface area contributed by atoms with Crippen LogP contribution in [0.3, 0.4) is 0 Å². The first-order chi connectivity index (χ1) is 11.5. The Morgan fingerprint density at radius 1 is 1.20 bits per heavy atom. The molecule has 1 heterocycles. The van der Waals surface area contributed by atoms with Gasteiger partial charge in [-0.3, -0.25) is 20.2 Å². The number of aryl methyl sites for hydroxylation is 1. The van der Waals surface area contributed by atoms with Gasteiger partial charge in [-0.1, -0.05) is 0 Å². The lowest BCUT2D eigenvalue weighted by Crippen LogP contribution is -2.20. The van der Waals surface area contributed by atoms with Crippen molar-refractivity contribution in [2.75, 3.05) is 11.9 Å². The van der Waals surface area contributed by atoms with E-state index in [0.29, 0.717) is 22.8 Å². The van der Waals surface area contributed by atoms with Crippen LogP contribution >= 0.6 is 11.3 Å². The standard InChI is InChI=1S/C13H11F3N4O4S/c1-7-6-25-11(17-7)5-18(2)12-9(19(21)22)3-8(13(14,15)16)4-10(12)20(23)24/h3-4,6H,5H2,1-2H3. The molecular weight excluding hydrogens is 365 g/mol. The summed E-state index contributed by atoms with van der Waals surface area (Å²) in [6.07, 6.45) is -4.95. The molecule has 0 unspecified atom stereocenters. The van der Waals surface area contributed by atoms with E-state index in [9.17, 15) is 33.4 Å². The zero-order chi connectivity index (χ0) is 18.9. The van der Waals surface area contributed by atoms with Crippen molar-refractivity contribution in [1.29, 1.82) is 0 Å². The predicted molar refractivity (Wildman–Crippen MR) is 83.7 cm³/mol. The number of hydrogen-bond acceptors (Lipinski definition) is 7. The minimum Gasteiger partial charge on any atom is -0.357 e. The lowest BCUT2D eigenvalue weighted by atomic mass is 10.1. The highest BCUT2D eigenvalue weighted by Gasteiger charge is 2.38. The summed E-state index contributed by atoms with van der Waals surface area (Å²) in [4.78, 5) is 25.6. The van der Waals surface area contributed by atoms with Gasteiger partial charge in [0.1, 0.15) is 5.01 Å². The molecule has 8 nitrogen and oxygen atoms in total. The highest BCUT2D eigenvalue weighted by molar-refractivity contribution is 7.09. The first-order valence-corrected chi connectivity index (χ1v) is 7.55. The molecule has 0 amide bonds. The minimum atomic E-state index is -4.95. The van der Waals surface area contributed by atoms with E-state index in [-0.39, 0.29) is 6.54 Å². The third-order valence-electron chi connectivity index (χ3n) is 3.21. The number of aromatic nitrogens is 1. The van der Waals surface area contributed by atoms with Gasteiger partial charge in [0.05, 0.1) is 22.0 Å². The highest BCUT2D eigenvalue weighted by atomic mass is 32.1. The summed E-state index contributed by atoms with van der Waals surface area (Å²) in [5, 5.41) is 24.7. The van der Waals surface area contributed by atoms with Crippen molar-refractivity contribution in [3.8, 4) is 0 Å². The van der Waals surface area contributed by atoms with Crippen molar-refractivity contribution in [3.05, 3.63) is 54.0 Å². The first kappa shape index (κ1) is 18.6. The Kier molecular flexibility index (Phi) is 4.92. The number of benzene rings is 1. The zero-order valence-electron chi connectivity index (χ0n) is 12.9. The van der Waals surface area contributed by atoms with E-state index >= 15 is 0 Å². The maximum atomic E-state index is 12.9. The number of anilines is 1. The molecule has 0 saturated carbocycles. The first-order valence-electron chi connectivity index (χ1n) is 6.67. The van der Waals surface area contributed by atoms with Crippen LogP contribution in [0.4, 0.5) is 30.2 Å². The zero-order valence-corrected chi connectivity index (χ0v) is 13.7. The highest BCUT2D eigenvalue weighted by Crippen LogP contribution is 2.43. The molecule has 0 radical (unpaired) electrons. The molecule has 1 aromatic heterocycles. The Morgan fingerprint density at radius 2 is 1.72 bits per heavy atom. The van der Waals surface area contributed by atoms with Crippen LogP contribution in [-0.4, -0.2) is 21.9 Å². The fraction of sp³-hybridized carbons (Fsp3) is 0.308. The predicted octanol–water partition coefficient (Wildman–Crippen LogP) is 3.92. The number of halogens is 3. The fourth-order valence-electron chi connectivity index (χ4n) is 2.19. The Labute approximate surface area is 142 Å². The molecule has 12 heteroatoms. The summed E-state index contributed by atoms with van der Waals surface area (Å²) in [5.41, 5.74) is -3.23. The molecule has 0 spiro atoms. The third-order valence-corrected chi connectivity index (χ3v) is 4.16. The number of nitrogens with zero attached hydrogens (tertiary/aromatic N) is 4. The molecule has 25 heavy (non-hydrogen) atoms. The van der Waals surface area contributed by atoms with Crippen LogP contribution in [0.2, 0.25) is 0 Å². The van der Waals surface area contributed by atoms with Crippen LogP contribution < -0.4 is 4.90 Å². The summed E-state index contributed by atoms with van der Waals surface area (Å²) < 4.78 is 38.7. The normalized spacial score (nSPS) is 11.4. The smallest absolute Gasteiger partial charge is 0.357 e. The Balaban J connectivity index is 2.61. The second-order valence-corrected chi connectivity index (χ2v) is 6.06. The summed E-state index contributed by atoms with van der Waals surface area (Å²) in [7, 11) is 1.32. The van der Waals surface area contributed by atoms with Gasteiger partial charge in [0.15, 0.2) is 5.69 Å². The topological polar surface area (TPSA) is 102 Å². The monoisotopic (exact) mass is 376 g/mol. The van der Waals surface area contributed by atoms with Gasteiger partial charge in [-0.25, -0.2) is 4.98 Å². The average Bonchev–Trinajstić information content (AvgIpc) is 2.89. The van der Waals surface area contributed by atoms with Crippen LogP contribution in [0, 0.1) is 27.2 Å². The van der Waals surface area contributed by atoms with Gasteiger partial charge in [-0.15, -0.1) is 11.3 Å². The van der Waals surface area contributed by atoms with Gasteiger partial charge in [0.2, 0.25) is 0 Å². The summed E-state index contributed by atoms with van der Waals surface area (Å²) in [5.74, 6) is 0. The van der Waals surface area contributed by atoms with E-state index in [1.54, 1.807) is 12.3 Å². The summed E-state index contributed by atoms with van der Waals surface area (Å²) in [6, 6.07) is 0.595. The molecule has 2 rings (SSSR count). The molecule has 2 aromatic rings. The minimum absolute atomic E-state index is 0.0223. The van der Waals surface area contributed by atoms with Gasteiger partial charge in [0.25, 0.3) is 11.4 Å². The molecule has 0 aliphatic heterocycles. The molecule has 0 saturated heterocycles. The number of nitro groups is 2. The second-order valence-electron chi connectivity index (χ2n) is 5.11. The molecular formula is C13H11F3N4O4S. The lowest BCUT2D eigenvalue weighted by Gasteiger charge is -2.19. The maximum absolute atomic E-state index is 12.9. The third kappa shape index (κ3) is 4.02. The molecule has 0 N–H and O–H groups in total. The molecule has 0 atom stereocenters. The van der Waals surface area contributed by atoms with E-state index in [2.05, 4.69) is 4.98 Å². The van der Waals surface area contributed by atoms with Crippen LogP contribution in [0.15, 0.2) is 17.5 Å². The van der Waals surface area contributed by atoms with Crippen molar-refractivity contribution < 1.29 is 23.0 Å². The largest absolute Gasteiger partial charge is 0.416 e. The van der Waals surface area contributed by atoms with E-state index in [0.717, 1.165) is 4.90 Å². The van der Waals surface area contributed by atoms with E-state index in [1.165, 1.54) is 18.4 Å². The Hall–Kier alpha value is -2.76. The second kappa shape index (κ2) is 6.63. The maximum Gasteiger partial charge on any atom is 0.416 e. The van der Waals surface area contributed by atoms with Crippen molar-refractivity contribution in [1.82, 2.24) is 4.98 Å². The van der Waals surface area contributed by atoms with Crippen molar-refractivity contribution in [2.24, 2.45) is 0 Å². The van der Waals surface area contributed by atoms with Gasteiger partial charge < -0.3 is 4.90 Å². The van der Waals surface area contributed by atoms with Gasteiger partial charge >= 0.3 is 6.18 Å². The number of rotatable bonds is 5. The number of hydrogen-bond donors (Lipinski definition) is 0. The van der Waals surface area contributed by atoms with E-state index < -0.39 is 38.6 Å². The number of thiazole rings is 1.